The molecule has 1 aliphatic heterocycles. The van der Waals surface area contributed by atoms with Gasteiger partial charge >= 0.3 is 0 Å². The van der Waals surface area contributed by atoms with Gasteiger partial charge in [-0.05, 0) is 44.6 Å². The fourth-order valence-electron chi connectivity index (χ4n) is 2.87. The fraction of sp³-hybridized carbons (Fsp3) is 1.00. The predicted molar refractivity (Wildman–Crippen MR) is 69.6 cm³/mol. The van der Waals surface area contributed by atoms with Crippen LogP contribution in [-0.4, -0.2) is 36.6 Å². The SMILES string of the molecule is CC(C)C1CN(CC2CCC2)C(C)CCN1. The molecule has 2 nitrogen and oxygen atoms in total. The van der Waals surface area contributed by atoms with E-state index in [1.54, 1.807) is 0 Å². The third-order valence-corrected chi connectivity index (χ3v) is 4.55. The lowest BCUT2D eigenvalue weighted by Gasteiger charge is -2.36. The van der Waals surface area contributed by atoms with Gasteiger partial charge in [-0.15, -0.1) is 0 Å². The molecule has 1 saturated heterocycles. The Morgan fingerprint density at radius 1 is 1.25 bits per heavy atom. The molecule has 1 aliphatic carbocycles. The van der Waals surface area contributed by atoms with Gasteiger partial charge in [-0.2, -0.15) is 0 Å². The predicted octanol–water partition coefficient (Wildman–Crippen LogP) is 2.49. The topological polar surface area (TPSA) is 15.3 Å². The van der Waals surface area contributed by atoms with E-state index in [1.807, 2.05) is 0 Å². The van der Waals surface area contributed by atoms with Crippen LogP contribution in [-0.2, 0) is 0 Å². The van der Waals surface area contributed by atoms with Gasteiger partial charge in [-0.1, -0.05) is 20.3 Å². The number of hydrogen-bond donors (Lipinski definition) is 1. The first kappa shape index (κ1) is 12.4. The van der Waals surface area contributed by atoms with Gasteiger partial charge in [-0.3, -0.25) is 4.90 Å². The van der Waals surface area contributed by atoms with Crippen molar-refractivity contribution in [3.05, 3.63) is 0 Å². The molecule has 2 heteroatoms. The van der Waals surface area contributed by atoms with Crippen molar-refractivity contribution in [3.63, 3.8) is 0 Å². The highest BCUT2D eigenvalue weighted by Gasteiger charge is 2.28. The molecule has 2 atom stereocenters. The fourth-order valence-corrected chi connectivity index (χ4v) is 2.87. The van der Waals surface area contributed by atoms with E-state index in [2.05, 4.69) is 31.0 Å². The lowest BCUT2D eigenvalue weighted by Crippen LogP contribution is -2.45. The van der Waals surface area contributed by atoms with Gasteiger partial charge in [0.15, 0.2) is 0 Å². The lowest BCUT2D eigenvalue weighted by atomic mass is 9.84. The molecule has 0 spiro atoms. The van der Waals surface area contributed by atoms with Crippen molar-refractivity contribution in [2.24, 2.45) is 11.8 Å². The maximum Gasteiger partial charge on any atom is 0.0218 e. The van der Waals surface area contributed by atoms with Gasteiger partial charge in [0.1, 0.15) is 0 Å². The first-order valence-corrected chi connectivity index (χ1v) is 7.14. The van der Waals surface area contributed by atoms with Crippen molar-refractivity contribution < 1.29 is 0 Å². The molecular weight excluding hydrogens is 196 g/mol. The molecule has 2 aliphatic rings. The van der Waals surface area contributed by atoms with Crippen LogP contribution in [0.4, 0.5) is 0 Å². The molecule has 1 saturated carbocycles. The zero-order valence-corrected chi connectivity index (χ0v) is 11.2. The summed E-state index contributed by atoms with van der Waals surface area (Å²) in [5.74, 6) is 1.77. The van der Waals surface area contributed by atoms with Gasteiger partial charge in [0.05, 0.1) is 0 Å². The van der Waals surface area contributed by atoms with Crippen LogP contribution in [0, 0.1) is 11.8 Å². The Bertz CT molecular complexity index is 211. The first-order valence-electron chi connectivity index (χ1n) is 7.14. The van der Waals surface area contributed by atoms with Crippen molar-refractivity contribution in [3.8, 4) is 0 Å². The highest BCUT2D eigenvalue weighted by molar-refractivity contribution is 4.85. The monoisotopic (exact) mass is 224 g/mol. The van der Waals surface area contributed by atoms with Crippen LogP contribution >= 0.6 is 0 Å². The second-order valence-electron chi connectivity index (χ2n) is 6.19. The van der Waals surface area contributed by atoms with Crippen molar-refractivity contribution >= 4 is 0 Å². The van der Waals surface area contributed by atoms with Crippen LogP contribution in [0.15, 0.2) is 0 Å². The summed E-state index contributed by atoms with van der Waals surface area (Å²) in [5.41, 5.74) is 0. The Hall–Kier alpha value is -0.0800. The summed E-state index contributed by atoms with van der Waals surface area (Å²) in [4.78, 5) is 2.74. The van der Waals surface area contributed by atoms with E-state index in [0.29, 0.717) is 6.04 Å². The third-order valence-electron chi connectivity index (χ3n) is 4.55. The minimum atomic E-state index is 0.699. The smallest absolute Gasteiger partial charge is 0.0218 e. The number of hydrogen-bond acceptors (Lipinski definition) is 2. The second-order valence-corrected chi connectivity index (χ2v) is 6.19. The minimum Gasteiger partial charge on any atom is -0.312 e. The molecule has 2 unspecified atom stereocenters. The molecule has 0 bridgehead atoms. The Kier molecular flexibility index (Phi) is 4.26. The lowest BCUT2D eigenvalue weighted by molar-refractivity contribution is 0.131. The number of nitrogens with one attached hydrogen (secondary N) is 1. The zero-order chi connectivity index (χ0) is 11.5. The van der Waals surface area contributed by atoms with E-state index >= 15 is 0 Å². The molecule has 0 radical (unpaired) electrons. The third kappa shape index (κ3) is 2.98. The van der Waals surface area contributed by atoms with E-state index in [4.69, 9.17) is 0 Å². The summed E-state index contributed by atoms with van der Waals surface area (Å²) in [6.07, 6.45) is 5.74. The van der Waals surface area contributed by atoms with Crippen molar-refractivity contribution in [1.82, 2.24) is 10.2 Å². The van der Waals surface area contributed by atoms with Crippen molar-refractivity contribution in [1.29, 1.82) is 0 Å². The summed E-state index contributed by atoms with van der Waals surface area (Å²) >= 11 is 0. The Balaban J connectivity index is 1.89. The molecule has 2 fully saturated rings. The van der Waals surface area contributed by atoms with Crippen LogP contribution < -0.4 is 5.32 Å². The first-order chi connectivity index (χ1) is 7.66. The van der Waals surface area contributed by atoms with E-state index in [-0.39, 0.29) is 0 Å². The van der Waals surface area contributed by atoms with Gasteiger partial charge in [0.2, 0.25) is 0 Å². The van der Waals surface area contributed by atoms with E-state index in [0.717, 1.165) is 17.9 Å². The molecule has 1 heterocycles. The van der Waals surface area contributed by atoms with Crippen molar-refractivity contribution in [2.75, 3.05) is 19.6 Å². The van der Waals surface area contributed by atoms with Gasteiger partial charge < -0.3 is 5.32 Å². The molecule has 0 aromatic heterocycles. The molecule has 2 rings (SSSR count). The zero-order valence-electron chi connectivity index (χ0n) is 11.2. The summed E-state index contributed by atoms with van der Waals surface area (Å²) in [6, 6.07) is 1.47. The molecule has 0 aromatic carbocycles. The van der Waals surface area contributed by atoms with Crippen LogP contribution in [0.1, 0.15) is 46.5 Å². The van der Waals surface area contributed by atoms with Crippen LogP contribution in [0.3, 0.4) is 0 Å². The Morgan fingerprint density at radius 3 is 2.56 bits per heavy atom. The number of rotatable bonds is 3. The van der Waals surface area contributed by atoms with E-state index < -0.39 is 0 Å². The molecular formula is C14H28N2. The van der Waals surface area contributed by atoms with Crippen LogP contribution in [0.2, 0.25) is 0 Å². The standard InChI is InChI=1S/C14H28N2/c1-11(2)14-10-16(9-13-5-4-6-13)12(3)7-8-15-14/h11-15H,4-10H2,1-3H3. The summed E-state index contributed by atoms with van der Waals surface area (Å²) in [6.45, 7) is 10.9. The minimum absolute atomic E-state index is 0.699. The normalized spacial score (nSPS) is 33.8. The number of nitrogens with zero attached hydrogens (tertiary/aromatic N) is 1. The highest BCUT2D eigenvalue weighted by atomic mass is 15.2. The molecule has 0 amide bonds. The molecule has 0 aromatic rings. The maximum atomic E-state index is 3.71. The summed E-state index contributed by atoms with van der Waals surface area (Å²) < 4.78 is 0. The maximum absolute atomic E-state index is 3.71. The van der Waals surface area contributed by atoms with Crippen LogP contribution in [0.5, 0.6) is 0 Å². The van der Waals surface area contributed by atoms with Gasteiger partial charge in [-0.25, -0.2) is 0 Å². The average Bonchev–Trinajstić information content (AvgIpc) is 2.34. The molecule has 16 heavy (non-hydrogen) atoms. The van der Waals surface area contributed by atoms with Crippen LogP contribution in [0.25, 0.3) is 0 Å². The quantitative estimate of drug-likeness (QED) is 0.792. The molecule has 1 N–H and O–H groups in total. The van der Waals surface area contributed by atoms with Gasteiger partial charge in [0, 0.05) is 25.2 Å². The average molecular weight is 224 g/mol. The van der Waals surface area contributed by atoms with Gasteiger partial charge in [0.25, 0.3) is 0 Å². The largest absolute Gasteiger partial charge is 0.312 e. The van der Waals surface area contributed by atoms with Crippen molar-refractivity contribution in [2.45, 2.75) is 58.5 Å². The second kappa shape index (κ2) is 5.50. The summed E-state index contributed by atoms with van der Waals surface area (Å²) in [7, 11) is 0. The summed E-state index contributed by atoms with van der Waals surface area (Å²) in [5, 5.41) is 3.71. The molecule has 94 valence electrons. The Morgan fingerprint density at radius 2 is 2.00 bits per heavy atom. The van der Waals surface area contributed by atoms with E-state index in [1.165, 1.54) is 45.3 Å². The highest BCUT2D eigenvalue weighted by Crippen LogP contribution is 2.28. The van der Waals surface area contributed by atoms with E-state index in [9.17, 15) is 0 Å². The Labute approximate surface area is 101 Å².